The fourth-order valence-electron chi connectivity index (χ4n) is 5.25. The van der Waals surface area contributed by atoms with Gasteiger partial charge >= 0.3 is 0 Å². The first-order valence-corrected chi connectivity index (χ1v) is 12.3. The van der Waals surface area contributed by atoms with E-state index in [4.69, 9.17) is 15.0 Å². The van der Waals surface area contributed by atoms with Gasteiger partial charge < -0.3 is 14.2 Å². The molecule has 9 nitrogen and oxygen atoms in total. The summed E-state index contributed by atoms with van der Waals surface area (Å²) in [6, 6.07) is 8.56. The Morgan fingerprint density at radius 1 is 1.23 bits per heavy atom. The maximum absolute atomic E-state index is 12.9. The molecule has 0 aliphatic carbocycles. The minimum atomic E-state index is -0.0689. The van der Waals surface area contributed by atoms with Crippen LogP contribution >= 0.6 is 0 Å². The smallest absolute Gasteiger partial charge is 0.252 e. The van der Waals surface area contributed by atoms with Crippen LogP contribution in [-0.2, 0) is 13.6 Å². The molecule has 3 aromatic rings. The quantitative estimate of drug-likeness (QED) is 0.515. The van der Waals surface area contributed by atoms with Gasteiger partial charge in [-0.1, -0.05) is 13.8 Å². The number of hydrogen-bond donors (Lipinski definition) is 0. The molecule has 0 radical (unpaired) electrons. The van der Waals surface area contributed by atoms with Gasteiger partial charge in [0.15, 0.2) is 0 Å². The standard InChI is InChI=1S/C26H35N7O2/c1-7-19-15-33(22-13-25(34)30(5)23-16-31(12-11-27)29-26(22)23)20(8-2)14-32(19)18(4)21-9-10-24(35-6)17(3)28-21/h9-10,13,16,18-20H,7-8,12,14-15H2,1-6H3/t18?,19-,20+/m1/s1. The first-order valence-electron chi connectivity index (χ1n) is 12.3. The predicted molar refractivity (Wildman–Crippen MR) is 137 cm³/mol. The van der Waals surface area contributed by atoms with Gasteiger partial charge in [-0.25, -0.2) is 0 Å². The van der Waals surface area contributed by atoms with Crippen LogP contribution in [0.1, 0.15) is 51.0 Å². The number of nitrogens with zero attached hydrogens (tertiary/aromatic N) is 7. The molecule has 4 heterocycles. The van der Waals surface area contributed by atoms with Gasteiger partial charge in [0.25, 0.3) is 5.56 Å². The molecule has 1 unspecified atom stereocenters. The van der Waals surface area contributed by atoms with Gasteiger partial charge in [-0.15, -0.1) is 0 Å². The van der Waals surface area contributed by atoms with E-state index in [0.29, 0.717) is 0 Å². The molecule has 186 valence electrons. The Morgan fingerprint density at radius 3 is 2.60 bits per heavy atom. The van der Waals surface area contributed by atoms with Crippen molar-refractivity contribution in [3.63, 3.8) is 0 Å². The Hall–Kier alpha value is -3.38. The van der Waals surface area contributed by atoms with Crippen LogP contribution in [0, 0.1) is 18.3 Å². The molecule has 3 aromatic heterocycles. The van der Waals surface area contributed by atoms with Crippen LogP contribution in [0.5, 0.6) is 5.75 Å². The third-order valence-corrected chi connectivity index (χ3v) is 7.36. The van der Waals surface area contributed by atoms with Crippen LogP contribution in [0.3, 0.4) is 0 Å². The highest BCUT2D eigenvalue weighted by molar-refractivity contribution is 5.88. The molecule has 0 N–H and O–H groups in total. The van der Waals surface area contributed by atoms with Gasteiger partial charge in [0.2, 0.25) is 0 Å². The molecule has 4 rings (SSSR count). The Labute approximate surface area is 206 Å². The van der Waals surface area contributed by atoms with Crippen molar-refractivity contribution < 1.29 is 4.74 Å². The second-order valence-electron chi connectivity index (χ2n) is 9.32. The lowest BCUT2D eigenvalue weighted by Gasteiger charge is -2.49. The lowest BCUT2D eigenvalue weighted by Crippen LogP contribution is -2.59. The molecule has 0 saturated carbocycles. The van der Waals surface area contributed by atoms with Gasteiger partial charge in [0.05, 0.1) is 42.0 Å². The second-order valence-corrected chi connectivity index (χ2v) is 9.32. The van der Waals surface area contributed by atoms with E-state index in [-0.39, 0.29) is 30.2 Å². The highest BCUT2D eigenvalue weighted by Gasteiger charge is 2.36. The van der Waals surface area contributed by atoms with Gasteiger partial charge in [-0.05, 0) is 38.8 Å². The molecule has 1 aliphatic heterocycles. The molecule has 1 fully saturated rings. The summed E-state index contributed by atoms with van der Waals surface area (Å²) in [5.41, 5.74) is 4.24. The second kappa shape index (κ2) is 10.1. The van der Waals surface area contributed by atoms with Gasteiger partial charge in [0, 0.05) is 44.3 Å². The Bertz CT molecular complexity index is 1310. The van der Waals surface area contributed by atoms with Crippen LogP contribution in [0.15, 0.2) is 29.2 Å². The number of methoxy groups -OCH3 is 1. The summed E-state index contributed by atoms with van der Waals surface area (Å²) in [6.07, 6.45) is 3.70. The fourth-order valence-corrected chi connectivity index (χ4v) is 5.25. The molecule has 1 aliphatic rings. The molecule has 0 bridgehead atoms. The summed E-state index contributed by atoms with van der Waals surface area (Å²) >= 11 is 0. The summed E-state index contributed by atoms with van der Waals surface area (Å²) in [4.78, 5) is 22.6. The summed E-state index contributed by atoms with van der Waals surface area (Å²) in [7, 11) is 3.42. The van der Waals surface area contributed by atoms with E-state index in [1.54, 1.807) is 35.7 Å². The van der Waals surface area contributed by atoms with Crippen LogP contribution in [-0.4, -0.2) is 56.5 Å². The van der Waals surface area contributed by atoms with Crippen molar-refractivity contribution >= 4 is 16.7 Å². The van der Waals surface area contributed by atoms with Crippen LogP contribution < -0.4 is 15.2 Å². The Balaban J connectivity index is 1.71. The predicted octanol–water partition coefficient (Wildman–Crippen LogP) is 3.41. The zero-order valence-corrected chi connectivity index (χ0v) is 21.5. The summed E-state index contributed by atoms with van der Waals surface area (Å²) in [5.74, 6) is 0.801. The van der Waals surface area contributed by atoms with Crippen molar-refractivity contribution in [1.29, 1.82) is 5.26 Å². The van der Waals surface area contributed by atoms with E-state index < -0.39 is 0 Å². The number of aromatic nitrogens is 4. The maximum atomic E-state index is 12.9. The van der Waals surface area contributed by atoms with Crippen molar-refractivity contribution in [2.75, 3.05) is 25.1 Å². The lowest BCUT2D eigenvalue weighted by atomic mass is 9.98. The number of ether oxygens (including phenoxy) is 1. The molecule has 9 heteroatoms. The maximum Gasteiger partial charge on any atom is 0.252 e. The van der Waals surface area contributed by atoms with E-state index in [0.717, 1.165) is 59.8 Å². The number of anilines is 1. The Kier molecular flexibility index (Phi) is 7.13. The first kappa shape index (κ1) is 24.7. The zero-order valence-electron chi connectivity index (χ0n) is 21.5. The van der Waals surface area contributed by atoms with Crippen molar-refractivity contribution in [1.82, 2.24) is 24.2 Å². The topological polar surface area (TPSA) is 92.2 Å². The van der Waals surface area contributed by atoms with Gasteiger partial charge in [-0.2, -0.15) is 10.4 Å². The summed E-state index contributed by atoms with van der Waals surface area (Å²) < 4.78 is 8.62. The molecule has 1 saturated heterocycles. The van der Waals surface area contributed by atoms with Crippen molar-refractivity contribution in [3.05, 3.63) is 46.1 Å². The average molecular weight is 478 g/mol. The monoisotopic (exact) mass is 477 g/mol. The number of nitriles is 1. The zero-order chi connectivity index (χ0) is 25.3. The first-order chi connectivity index (χ1) is 16.8. The normalized spacial score (nSPS) is 19.6. The molecule has 35 heavy (non-hydrogen) atoms. The van der Waals surface area contributed by atoms with Crippen molar-refractivity contribution in [2.45, 2.75) is 65.2 Å². The average Bonchev–Trinajstić information content (AvgIpc) is 3.29. The van der Waals surface area contributed by atoms with Crippen molar-refractivity contribution in [3.8, 4) is 11.8 Å². The van der Waals surface area contributed by atoms with Crippen molar-refractivity contribution in [2.24, 2.45) is 7.05 Å². The molecule has 0 spiro atoms. The number of hydrogen-bond acceptors (Lipinski definition) is 7. The van der Waals surface area contributed by atoms with E-state index in [2.05, 4.69) is 47.8 Å². The van der Waals surface area contributed by atoms with Crippen LogP contribution in [0.25, 0.3) is 11.0 Å². The summed E-state index contributed by atoms with van der Waals surface area (Å²) in [5, 5.41) is 13.8. The number of piperazine rings is 1. The Morgan fingerprint density at radius 2 is 1.97 bits per heavy atom. The van der Waals surface area contributed by atoms with E-state index in [1.807, 2.05) is 13.0 Å². The van der Waals surface area contributed by atoms with Crippen LogP contribution in [0.4, 0.5) is 5.69 Å². The van der Waals surface area contributed by atoms with Crippen LogP contribution in [0.2, 0.25) is 0 Å². The molecule has 0 aromatic carbocycles. The van der Waals surface area contributed by atoms with E-state index in [1.165, 1.54) is 0 Å². The number of aryl methyl sites for hydroxylation is 2. The fraction of sp³-hybridized carbons (Fsp3) is 0.538. The minimum absolute atomic E-state index is 0.0689. The number of fused-ring (bicyclic) bond motifs is 1. The molecule has 0 amide bonds. The molecular formula is C26H35N7O2. The number of pyridine rings is 2. The van der Waals surface area contributed by atoms with E-state index in [9.17, 15) is 4.79 Å². The largest absolute Gasteiger partial charge is 0.495 e. The third kappa shape index (κ3) is 4.50. The summed E-state index contributed by atoms with van der Waals surface area (Å²) in [6.45, 7) is 10.4. The molecule has 3 atom stereocenters. The third-order valence-electron chi connectivity index (χ3n) is 7.36. The van der Waals surface area contributed by atoms with Gasteiger partial charge in [0.1, 0.15) is 17.8 Å². The highest BCUT2D eigenvalue weighted by atomic mass is 16.5. The SMILES string of the molecule is CC[C@H]1CN(C(C)c2ccc(OC)c(C)n2)[C@H](CC)CN1c1cc(=O)n(C)c2cn(CC#N)nc12. The minimum Gasteiger partial charge on any atom is -0.495 e. The lowest BCUT2D eigenvalue weighted by molar-refractivity contribution is 0.0990. The van der Waals surface area contributed by atoms with Gasteiger partial charge in [-0.3, -0.25) is 19.4 Å². The molecular weight excluding hydrogens is 442 g/mol. The highest BCUT2D eigenvalue weighted by Crippen LogP contribution is 2.34. The van der Waals surface area contributed by atoms with E-state index >= 15 is 0 Å². The number of rotatable bonds is 7.